The van der Waals surface area contributed by atoms with E-state index in [2.05, 4.69) is 48.6 Å². The molecular weight excluding hydrogens is 629 g/mol. The molecule has 0 amide bonds. The van der Waals surface area contributed by atoms with Crippen molar-refractivity contribution >= 4 is 61.3 Å². The predicted octanol–water partition coefficient (Wildman–Crippen LogP) is 6.25. The van der Waals surface area contributed by atoms with Gasteiger partial charge in [-0.05, 0) is 71.0 Å². The van der Waals surface area contributed by atoms with Gasteiger partial charge in [0.1, 0.15) is 17.8 Å². The average molecular weight is 648 g/mol. The summed E-state index contributed by atoms with van der Waals surface area (Å²) in [6.45, 7) is 4.05. The Morgan fingerprint density at radius 2 is 2.06 bits per heavy atom. The van der Waals surface area contributed by atoms with E-state index in [-0.39, 0.29) is 23.0 Å². The van der Waals surface area contributed by atoms with Crippen LogP contribution in [-0.4, -0.2) is 25.8 Å². The first-order valence-corrected chi connectivity index (χ1v) is 12.5. The van der Waals surface area contributed by atoms with Gasteiger partial charge in [-0.2, -0.15) is 9.78 Å². The van der Waals surface area contributed by atoms with Crippen molar-refractivity contribution in [3.63, 3.8) is 0 Å². The lowest BCUT2D eigenvalue weighted by Crippen LogP contribution is -2.23. The number of fused-ring (bicyclic) bond motifs is 1. The third-order valence-corrected chi connectivity index (χ3v) is 6.65. The van der Waals surface area contributed by atoms with Crippen molar-refractivity contribution in [1.82, 2.24) is 14.6 Å². The monoisotopic (exact) mass is 647 g/mol. The number of hydrogen-bond donors (Lipinski definition) is 0. The van der Waals surface area contributed by atoms with E-state index in [0.717, 1.165) is 26.2 Å². The van der Waals surface area contributed by atoms with Crippen molar-refractivity contribution in [2.45, 2.75) is 26.2 Å². The van der Waals surface area contributed by atoms with Crippen LogP contribution in [0.5, 0.6) is 11.6 Å². The first-order chi connectivity index (χ1) is 16.8. The molecule has 4 rings (SSSR count). The Labute approximate surface area is 222 Å². The van der Waals surface area contributed by atoms with E-state index < -0.39 is 4.92 Å². The molecule has 0 N–H and O–H groups in total. The Bertz CT molecular complexity index is 1500. The fourth-order valence-electron chi connectivity index (χ4n) is 3.24. The molecular formula is C24H19BrIN5O4. The molecule has 0 saturated carbocycles. The first-order valence-electron chi connectivity index (χ1n) is 10.6. The van der Waals surface area contributed by atoms with Gasteiger partial charge >= 0.3 is 0 Å². The minimum atomic E-state index is -0.517. The summed E-state index contributed by atoms with van der Waals surface area (Å²) in [5.41, 5.74) is 1.05. The highest BCUT2D eigenvalue weighted by Crippen LogP contribution is 2.27. The van der Waals surface area contributed by atoms with Crippen LogP contribution in [0.1, 0.15) is 37.6 Å². The number of halogens is 2. The van der Waals surface area contributed by atoms with Crippen LogP contribution >= 0.6 is 38.5 Å². The molecule has 11 heteroatoms. The minimum absolute atomic E-state index is 0.0398. The van der Waals surface area contributed by atoms with Gasteiger partial charge in [0, 0.05) is 22.5 Å². The second-order valence-electron chi connectivity index (χ2n) is 7.71. The van der Waals surface area contributed by atoms with Gasteiger partial charge in [0.2, 0.25) is 5.88 Å². The fourth-order valence-corrected chi connectivity index (χ4v) is 4.25. The smallest absolute Gasteiger partial charge is 0.287 e. The summed E-state index contributed by atoms with van der Waals surface area (Å²) in [5, 5.41) is 15.8. The summed E-state index contributed by atoms with van der Waals surface area (Å²) in [4.78, 5) is 32.2. The van der Waals surface area contributed by atoms with Crippen molar-refractivity contribution in [1.29, 1.82) is 0 Å². The summed E-state index contributed by atoms with van der Waals surface area (Å²) < 4.78 is 8.69. The lowest BCUT2D eigenvalue weighted by Gasteiger charge is -2.14. The molecule has 1 atom stereocenters. The average Bonchev–Trinajstić information content (AvgIpc) is 2.85. The maximum atomic E-state index is 13.3. The van der Waals surface area contributed by atoms with E-state index in [4.69, 9.17) is 9.72 Å². The van der Waals surface area contributed by atoms with Gasteiger partial charge in [-0.15, -0.1) is 0 Å². The zero-order chi connectivity index (χ0) is 25.1. The molecule has 0 fully saturated rings. The summed E-state index contributed by atoms with van der Waals surface area (Å²) >= 11 is 5.54. The number of rotatable bonds is 7. The molecule has 178 valence electrons. The largest absolute Gasteiger partial charge is 0.438 e. The van der Waals surface area contributed by atoms with Crippen molar-refractivity contribution in [2.75, 3.05) is 0 Å². The van der Waals surface area contributed by atoms with Crippen LogP contribution in [0.4, 0.5) is 5.69 Å². The first kappa shape index (κ1) is 24.9. The highest BCUT2D eigenvalue weighted by atomic mass is 127. The lowest BCUT2D eigenvalue weighted by atomic mass is 10.1. The highest BCUT2D eigenvalue weighted by molar-refractivity contribution is 14.1. The van der Waals surface area contributed by atoms with Gasteiger partial charge in [0.15, 0.2) is 0 Å². The lowest BCUT2D eigenvalue weighted by molar-refractivity contribution is -0.385. The second-order valence-corrected chi connectivity index (χ2v) is 9.78. The molecule has 0 aliphatic carbocycles. The SMILES string of the molecule is CC[C@H](C)c1nc2ccc(Br)cc2c(=O)n1N=Cc1ccc(Oc2ccc([N+](=O)[O-])cn2)c(I)c1. The van der Waals surface area contributed by atoms with Gasteiger partial charge < -0.3 is 4.74 Å². The van der Waals surface area contributed by atoms with E-state index in [1.54, 1.807) is 24.4 Å². The Hall–Kier alpha value is -3.19. The van der Waals surface area contributed by atoms with Crippen LogP contribution in [-0.2, 0) is 0 Å². The molecule has 35 heavy (non-hydrogen) atoms. The van der Waals surface area contributed by atoms with Gasteiger partial charge in [0.25, 0.3) is 11.2 Å². The molecule has 9 nitrogen and oxygen atoms in total. The quantitative estimate of drug-likeness (QED) is 0.101. The Kier molecular flexibility index (Phi) is 7.55. The molecule has 0 spiro atoms. The Balaban J connectivity index is 1.65. The van der Waals surface area contributed by atoms with E-state index in [9.17, 15) is 14.9 Å². The molecule has 4 aromatic rings. The summed E-state index contributed by atoms with van der Waals surface area (Å²) in [6.07, 6.45) is 3.56. The van der Waals surface area contributed by atoms with Gasteiger partial charge in [-0.25, -0.2) is 9.97 Å². The number of nitrogens with zero attached hydrogens (tertiary/aromatic N) is 5. The van der Waals surface area contributed by atoms with E-state index in [1.165, 1.54) is 16.8 Å². The molecule has 0 bridgehead atoms. The van der Waals surface area contributed by atoms with Crippen LogP contribution in [0, 0.1) is 13.7 Å². The van der Waals surface area contributed by atoms with Gasteiger partial charge in [-0.1, -0.05) is 29.8 Å². The molecule has 0 unspecified atom stereocenters. The van der Waals surface area contributed by atoms with Crippen LogP contribution < -0.4 is 10.3 Å². The number of pyridine rings is 1. The van der Waals surface area contributed by atoms with Crippen LogP contribution in [0.3, 0.4) is 0 Å². The summed E-state index contributed by atoms with van der Waals surface area (Å²) in [6, 6.07) is 13.6. The molecule has 0 saturated heterocycles. The van der Waals surface area contributed by atoms with Crippen LogP contribution in [0.2, 0.25) is 0 Å². The topological polar surface area (TPSA) is 113 Å². The van der Waals surface area contributed by atoms with Crippen molar-refractivity contribution in [2.24, 2.45) is 5.10 Å². The van der Waals surface area contributed by atoms with E-state index in [0.29, 0.717) is 22.5 Å². The number of benzene rings is 2. The predicted molar refractivity (Wildman–Crippen MR) is 146 cm³/mol. The van der Waals surface area contributed by atoms with Crippen LogP contribution in [0.15, 0.2) is 69.1 Å². The Morgan fingerprint density at radius 3 is 2.71 bits per heavy atom. The third-order valence-electron chi connectivity index (χ3n) is 5.31. The number of aromatic nitrogens is 3. The van der Waals surface area contributed by atoms with E-state index in [1.807, 2.05) is 32.0 Å². The summed E-state index contributed by atoms with van der Waals surface area (Å²) in [7, 11) is 0. The number of nitro groups is 1. The maximum Gasteiger partial charge on any atom is 0.287 e. The number of hydrogen-bond acceptors (Lipinski definition) is 7. The third kappa shape index (κ3) is 5.56. The van der Waals surface area contributed by atoms with Gasteiger partial charge in [-0.3, -0.25) is 14.9 Å². The molecule has 2 aromatic carbocycles. The van der Waals surface area contributed by atoms with Crippen molar-refractivity contribution < 1.29 is 9.66 Å². The standard InChI is InChI=1S/C24H19BrIN5O4/c1-3-14(2)23-29-20-7-5-16(25)11-18(20)24(32)30(23)28-12-15-4-8-21(19(26)10-15)35-22-9-6-17(13-27-22)31(33)34/h4-14H,3H2,1-2H3/t14-/m0/s1. The van der Waals surface area contributed by atoms with E-state index >= 15 is 0 Å². The summed E-state index contributed by atoms with van der Waals surface area (Å²) in [5.74, 6) is 1.42. The van der Waals surface area contributed by atoms with Gasteiger partial charge in [0.05, 0.1) is 25.6 Å². The number of ether oxygens (including phenoxy) is 1. The normalized spacial score (nSPS) is 12.2. The van der Waals surface area contributed by atoms with Crippen molar-refractivity contribution in [3.05, 3.63) is 94.6 Å². The molecule has 2 heterocycles. The zero-order valence-corrected chi connectivity index (χ0v) is 22.4. The minimum Gasteiger partial charge on any atom is -0.438 e. The molecule has 0 aliphatic heterocycles. The highest BCUT2D eigenvalue weighted by Gasteiger charge is 2.16. The fraction of sp³-hybridized carbons (Fsp3) is 0.167. The zero-order valence-electron chi connectivity index (χ0n) is 18.7. The maximum absolute atomic E-state index is 13.3. The molecule has 0 radical (unpaired) electrons. The Morgan fingerprint density at radius 1 is 1.26 bits per heavy atom. The van der Waals surface area contributed by atoms with Crippen LogP contribution in [0.25, 0.3) is 10.9 Å². The van der Waals surface area contributed by atoms with Crippen molar-refractivity contribution in [3.8, 4) is 11.6 Å². The molecule has 0 aliphatic rings. The second kappa shape index (κ2) is 10.6. The molecule has 2 aromatic heterocycles.